The SMILES string of the molecule is O=C1NC(=O)/C(=C/c2cccc(OCc3ccc(Cl)c(Cl)c3)c2)N1. The Balaban J connectivity index is 1.71. The summed E-state index contributed by atoms with van der Waals surface area (Å²) in [7, 11) is 0. The van der Waals surface area contributed by atoms with Crippen LogP contribution in [0, 0.1) is 0 Å². The molecule has 1 aliphatic rings. The zero-order valence-corrected chi connectivity index (χ0v) is 13.8. The molecule has 0 aromatic heterocycles. The molecular weight excluding hydrogens is 351 g/mol. The fraction of sp³-hybridized carbons (Fsp3) is 0.0588. The van der Waals surface area contributed by atoms with Crippen LogP contribution in [0.2, 0.25) is 10.0 Å². The van der Waals surface area contributed by atoms with Gasteiger partial charge in [-0.15, -0.1) is 0 Å². The number of hydrogen-bond donors (Lipinski definition) is 2. The summed E-state index contributed by atoms with van der Waals surface area (Å²) >= 11 is 11.9. The van der Waals surface area contributed by atoms with Gasteiger partial charge in [-0.2, -0.15) is 0 Å². The summed E-state index contributed by atoms with van der Waals surface area (Å²) in [6, 6.07) is 11.9. The van der Waals surface area contributed by atoms with Gasteiger partial charge < -0.3 is 10.1 Å². The van der Waals surface area contributed by atoms with Crippen molar-refractivity contribution in [3.63, 3.8) is 0 Å². The van der Waals surface area contributed by atoms with Crippen molar-refractivity contribution in [2.24, 2.45) is 0 Å². The molecule has 0 atom stereocenters. The molecule has 0 spiro atoms. The van der Waals surface area contributed by atoms with Crippen molar-refractivity contribution in [1.29, 1.82) is 0 Å². The number of carbonyl (C=O) groups excluding carboxylic acids is 2. The maximum atomic E-state index is 11.5. The van der Waals surface area contributed by atoms with Crippen LogP contribution >= 0.6 is 23.2 Å². The first-order valence-corrected chi connectivity index (χ1v) is 7.78. The molecule has 0 bridgehead atoms. The van der Waals surface area contributed by atoms with E-state index in [2.05, 4.69) is 10.6 Å². The largest absolute Gasteiger partial charge is 0.489 e. The van der Waals surface area contributed by atoms with Crippen LogP contribution < -0.4 is 15.4 Å². The van der Waals surface area contributed by atoms with Crippen LogP contribution in [0.4, 0.5) is 4.79 Å². The highest BCUT2D eigenvalue weighted by Gasteiger charge is 2.22. The van der Waals surface area contributed by atoms with E-state index in [1.807, 2.05) is 6.07 Å². The van der Waals surface area contributed by atoms with Crippen LogP contribution in [0.25, 0.3) is 6.08 Å². The fourth-order valence-electron chi connectivity index (χ4n) is 2.14. The van der Waals surface area contributed by atoms with Crippen molar-refractivity contribution in [3.05, 3.63) is 69.3 Å². The van der Waals surface area contributed by atoms with Gasteiger partial charge in [-0.05, 0) is 41.5 Å². The maximum absolute atomic E-state index is 11.5. The summed E-state index contributed by atoms with van der Waals surface area (Å²) in [5.74, 6) is 0.169. The molecule has 1 heterocycles. The highest BCUT2D eigenvalue weighted by Crippen LogP contribution is 2.24. The third-order valence-corrected chi connectivity index (χ3v) is 4.02. The highest BCUT2D eigenvalue weighted by atomic mass is 35.5. The molecule has 1 saturated heterocycles. The summed E-state index contributed by atoms with van der Waals surface area (Å²) in [6.45, 7) is 0.328. The van der Waals surface area contributed by atoms with E-state index in [1.165, 1.54) is 0 Å². The fourth-order valence-corrected chi connectivity index (χ4v) is 2.46. The summed E-state index contributed by atoms with van der Waals surface area (Å²) in [5.41, 5.74) is 1.81. The number of carbonyl (C=O) groups is 2. The molecule has 3 rings (SSSR count). The molecular formula is C17H12Cl2N2O3. The Bertz CT molecular complexity index is 849. The van der Waals surface area contributed by atoms with E-state index in [4.69, 9.17) is 27.9 Å². The van der Waals surface area contributed by atoms with E-state index >= 15 is 0 Å². The third kappa shape index (κ3) is 3.88. The number of amides is 3. The van der Waals surface area contributed by atoms with Crippen molar-refractivity contribution in [3.8, 4) is 5.75 Å². The van der Waals surface area contributed by atoms with Crippen LogP contribution in [-0.2, 0) is 11.4 Å². The predicted molar refractivity (Wildman–Crippen MR) is 91.9 cm³/mol. The van der Waals surface area contributed by atoms with Gasteiger partial charge in [0.05, 0.1) is 10.0 Å². The molecule has 1 aliphatic heterocycles. The quantitative estimate of drug-likeness (QED) is 0.642. The van der Waals surface area contributed by atoms with Crippen LogP contribution in [0.15, 0.2) is 48.2 Å². The van der Waals surface area contributed by atoms with E-state index in [-0.39, 0.29) is 5.70 Å². The molecule has 1 fully saturated rings. The Kier molecular flexibility index (Phi) is 4.74. The summed E-state index contributed by atoms with van der Waals surface area (Å²) in [6.07, 6.45) is 1.58. The van der Waals surface area contributed by atoms with E-state index in [0.29, 0.717) is 22.4 Å². The van der Waals surface area contributed by atoms with Gasteiger partial charge in [-0.1, -0.05) is 41.4 Å². The van der Waals surface area contributed by atoms with Crippen molar-refractivity contribution < 1.29 is 14.3 Å². The number of halogens is 2. The van der Waals surface area contributed by atoms with Gasteiger partial charge in [-0.25, -0.2) is 4.79 Å². The summed E-state index contributed by atoms with van der Waals surface area (Å²) in [5, 5.41) is 5.54. The molecule has 7 heteroatoms. The molecule has 122 valence electrons. The van der Waals surface area contributed by atoms with Gasteiger partial charge >= 0.3 is 6.03 Å². The molecule has 3 amide bonds. The molecule has 0 radical (unpaired) electrons. The molecule has 2 aromatic rings. The topological polar surface area (TPSA) is 67.4 Å². The van der Waals surface area contributed by atoms with Crippen LogP contribution in [-0.4, -0.2) is 11.9 Å². The van der Waals surface area contributed by atoms with E-state index in [0.717, 1.165) is 11.1 Å². The molecule has 2 aromatic carbocycles. The zero-order chi connectivity index (χ0) is 17.1. The monoisotopic (exact) mass is 362 g/mol. The second-order valence-electron chi connectivity index (χ2n) is 5.08. The van der Waals surface area contributed by atoms with Crippen LogP contribution in [0.1, 0.15) is 11.1 Å². The van der Waals surface area contributed by atoms with Crippen LogP contribution in [0.3, 0.4) is 0 Å². The lowest BCUT2D eigenvalue weighted by molar-refractivity contribution is -0.115. The minimum absolute atomic E-state index is 0.196. The molecule has 5 nitrogen and oxygen atoms in total. The number of rotatable bonds is 4. The molecule has 24 heavy (non-hydrogen) atoms. The predicted octanol–water partition coefficient (Wildman–Crippen LogP) is 3.75. The number of imide groups is 1. The Morgan fingerprint density at radius 1 is 1.00 bits per heavy atom. The third-order valence-electron chi connectivity index (χ3n) is 3.28. The number of hydrogen-bond acceptors (Lipinski definition) is 3. The number of benzene rings is 2. The lowest BCUT2D eigenvalue weighted by Crippen LogP contribution is -2.22. The Labute approximate surface area is 148 Å². The molecule has 0 aliphatic carbocycles. The Morgan fingerprint density at radius 2 is 1.83 bits per heavy atom. The molecule has 0 unspecified atom stereocenters. The second-order valence-corrected chi connectivity index (χ2v) is 5.89. The number of urea groups is 1. The van der Waals surface area contributed by atoms with Crippen molar-refractivity contribution in [1.82, 2.24) is 10.6 Å². The van der Waals surface area contributed by atoms with Crippen molar-refractivity contribution in [2.75, 3.05) is 0 Å². The minimum atomic E-state index is -0.529. The first-order chi connectivity index (χ1) is 11.5. The number of ether oxygens (including phenoxy) is 1. The van der Waals surface area contributed by atoms with Gasteiger partial charge in [0.25, 0.3) is 5.91 Å². The van der Waals surface area contributed by atoms with Gasteiger partial charge in [-0.3, -0.25) is 10.1 Å². The highest BCUT2D eigenvalue weighted by molar-refractivity contribution is 6.42. The summed E-state index contributed by atoms with van der Waals surface area (Å²) < 4.78 is 5.72. The summed E-state index contributed by atoms with van der Waals surface area (Å²) in [4.78, 5) is 22.6. The normalized spacial score (nSPS) is 15.3. The van der Waals surface area contributed by atoms with E-state index < -0.39 is 11.9 Å². The molecule has 0 saturated carbocycles. The average Bonchev–Trinajstić information content (AvgIpc) is 2.86. The van der Waals surface area contributed by atoms with Crippen molar-refractivity contribution in [2.45, 2.75) is 6.61 Å². The average molecular weight is 363 g/mol. The van der Waals surface area contributed by atoms with Gasteiger partial charge in [0.1, 0.15) is 18.1 Å². The smallest absolute Gasteiger partial charge is 0.326 e. The van der Waals surface area contributed by atoms with E-state index in [1.54, 1.807) is 42.5 Å². The van der Waals surface area contributed by atoms with Gasteiger partial charge in [0.15, 0.2) is 0 Å². The lowest BCUT2D eigenvalue weighted by Gasteiger charge is -2.08. The van der Waals surface area contributed by atoms with Gasteiger partial charge in [0, 0.05) is 0 Å². The standard InChI is InChI=1S/C17H12Cl2N2O3/c18-13-5-4-11(7-14(13)19)9-24-12-3-1-2-10(6-12)8-15-16(22)21-17(23)20-15/h1-8H,9H2,(H2,20,21,22,23)/b15-8-. The maximum Gasteiger partial charge on any atom is 0.326 e. The number of nitrogens with one attached hydrogen (secondary N) is 2. The molecule has 2 N–H and O–H groups in total. The Hall–Kier alpha value is -2.50. The zero-order valence-electron chi connectivity index (χ0n) is 12.3. The van der Waals surface area contributed by atoms with Crippen LogP contribution in [0.5, 0.6) is 5.75 Å². The van der Waals surface area contributed by atoms with E-state index in [9.17, 15) is 9.59 Å². The lowest BCUT2D eigenvalue weighted by atomic mass is 10.2. The van der Waals surface area contributed by atoms with Crippen molar-refractivity contribution >= 4 is 41.2 Å². The first kappa shape index (κ1) is 16.4. The van der Waals surface area contributed by atoms with Gasteiger partial charge in [0.2, 0.25) is 0 Å². The second kappa shape index (κ2) is 6.95. The first-order valence-electron chi connectivity index (χ1n) is 7.02. The Morgan fingerprint density at radius 3 is 2.54 bits per heavy atom. The minimum Gasteiger partial charge on any atom is -0.489 e.